The minimum Gasteiger partial charge on any atom is -0.406 e. The summed E-state index contributed by atoms with van der Waals surface area (Å²) in [5.74, 6) is 0.741. The molecular formula is C12H14F3N2O2S2+. The molecule has 0 bridgehead atoms. The van der Waals surface area contributed by atoms with Crippen molar-refractivity contribution in [3.8, 4) is 5.75 Å². The minimum atomic E-state index is -4.72. The summed E-state index contributed by atoms with van der Waals surface area (Å²) in [4.78, 5) is 0. The number of alkyl halides is 3. The Morgan fingerprint density at radius 1 is 1.43 bits per heavy atom. The van der Waals surface area contributed by atoms with Gasteiger partial charge < -0.3 is 4.74 Å². The zero-order valence-electron chi connectivity index (χ0n) is 11.1. The van der Waals surface area contributed by atoms with Crippen molar-refractivity contribution in [2.45, 2.75) is 19.8 Å². The summed E-state index contributed by atoms with van der Waals surface area (Å²) in [5.41, 5.74) is 6.59. The first kappa shape index (κ1) is 16.0. The van der Waals surface area contributed by atoms with Gasteiger partial charge in [-0.3, -0.25) is 9.94 Å². The molecule has 0 aliphatic rings. The molecule has 9 heteroatoms. The Bertz CT molecular complexity index is 670. The monoisotopic (exact) mass is 339 g/mol. The number of nitrogens with zero attached hydrogens (tertiary/aromatic N) is 1. The number of rotatable bonds is 5. The molecule has 0 amide bonds. The second-order valence-corrected chi connectivity index (χ2v) is 7.13. The van der Waals surface area contributed by atoms with Crippen molar-refractivity contribution in [1.82, 2.24) is 0 Å². The van der Waals surface area contributed by atoms with Gasteiger partial charge in [0.15, 0.2) is 0 Å². The lowest BCUT2D eigenvalue weighted by Gasteiger charge is -2.08. The molecule has 0 fully saturated rings. The van der Waals surface area contributed by atoms with Gasteiger partial charge in [0.2, 0.25) is 0 Å². The van der Waals surface area contributed by atoms with E-state index in [1.807, 2.05) is 6.92 Å². The van der Waals surface area contributed by atoms with E-state index >= 15 is 0 Å². The molecule has 0 saturated heterocycles. The highest BCUT2D eigenvalue weighted by molar-refractivity contribution is 7.84. The van der Waals surface area contributed by atoms with Crippen LogP contribution in [0.25, 0.3) is 10.2 Å². The first-order valence-electron chi connectivity index (χ1n) is 6.12. The highest BCUT2D eigenvalue weighted by Crippen LogP contribution is 2.29. The van der Waals surface area contributed by atoms with Crippen LogP contribution in [0, 0.1) is 0 Å². The van der Waals surface area contributed by atoms with Gasteiger partial charge in [0.25, 0.3) is 0 Å². The van der Waals surface area contributed by atoms with Crippen molar-refractivity contribution in [2.24, 2.45) is 0 Å². The Morgan fingerprint density at radius 3 is 2.76 bits per heavy atom. The fourth-order valence-electron chi connectivity index (χ4n) is 1.85. The van der Waals surface area contributed by atoms with E-state index in [9.17, 15) is 17.4 Å². The van der Waals surface area contributed by atoms with Gasteiger partial charge >= 0.3 is 11.5 Å². The Balaban J connectivity index is 2.28. The van der Waals surface area contributed by atoms with Gasteiger partial charge in [-0.1, -0.05) is 6.92 Å². The van der Waals surface area contributed by atoms with Gasteiger partial charge in [0.05, 0.1) is 10.5 Å². The molecule has 0 aliphatic heterocycles. The third-order valence-electron chi connectivity index (χ3n) is 2.80. The third kappa shape index (κ3) is 4.07. The minimum absolute atomic E-state index is 0.277. The predicted molar refractivity (Wildman–Crippen MR) is 76.7 cm³/mol. The molecule has 1 atom stereocenters. The lowest BCUT2D eigenvalue weighted by Crippen LogP contribution is -2.37. The molecule has 116 valence electrons. The lowest BCUT2D eigenvalue weighted by atomic mass is 10.3. The first-order valence-corrected chi connectivity index (χ1v) is 8.43. The largest absolute Gasteiger partial charge is 0.573 e. The van der Waals surface area contributed by atoms with Gasteiger partial charge in [-0.25, -0.2) is 4.57 Å². The molecule has 1 unspecified atom stereocenters. The molecule has 1 heterocycles. The number of benzene rings is 1. The Hall–Kier alpha value is -1.35. The maximum absolute atomic E-state index is 12.2. The number of hydrogen-bond acceptors (Lipinski definition) is 4. The van der Waals surface area contributed by atoms with E-state index in [-0.39, 0.29) is 5.75 Å². The third-order valence-corrected chi connectivity index (χ3v) is 5.06. The van der Waals surface area contributed by atoms with E-state index in [2.05, 4.69) is 4.74 Å². The maximum Gasteiger partial charge on any atom is 0.573 e. The van der Waals surface area contributed by atoms with Gasteiger partial charge in [0.1, 0.15) is 17.8 Å². The van der Waals surface area contributed by atoms with Crippen molar-refractivity contribution in [3.63, 3.8) is 0 Å². The molecule has 2 rings (SSSR count). The summed E-state index contributed by atoms with van der Waals surface area (Å²) in [5, 5.41) is 0.460. The van der Waals surface area contributed by atoms with Crippen molar-refractivity contribution in [1.29, 1.82) is 0 Å². The second kappa shape index (κ2) is 6.18. The quantitative estimate of drug-likeness (QED) is 0.851. The Morgan fingerprint density at radius 2 is 2.14 bits per heavy atom. The van der Waals surface area contributed by atoms with Crippen LogP contribution in [0.2, 0.25) is 0 Å². The standard InChI is InChI=1S/C12H13F3N2O2S2/c1-2-21(18)6-5-17-9-4-3-8(19-12(13,14)15)7-10(9)20-11(17)16/h3-4,7,16H,2,5-6H2,1H3/p+1. The van der Waals surface area contributed by atoms with Crippen LogP contribution in [-0.2, 0) is 17.3 Å². The normalized spacial score (nSPS) is 13.5. The van der Waals surface area contributed by atoms with E-state index in [4.69, 9.17) is 5.73 Å². The highest BCUT2D eigenvalue weighted by atomic mass is 32.2. The zero-order chi connectivity index (χ0) is 15.6. The average Bonchev–Trinajstić information content (AvgIpc) is 2.69. The summed E-state index contributed by atoms with van der Waals surface area (Å²) < 4.78 is 54.3. The summed E-state index contributed by atoms with van der Waals surface area (Å²) in [7, 11) is -0.926. The summed E-state index contributed by atoms with van der Waals surface area (Å²) in [6, 6.07) is 4.07. The van der Waals surface area contributed by atoms with Crippen molar-refractivity contribution < 1.29 is 26.7 Å². The SMILES string of the molecule is CCS(=O)CC[n+]1c(N)sc2cc(OC(F)(F)F)ccc21. The first-order chi connectivity index (χ1) is 9.80. The van der Waals surface area contributed by atoms with Crippen LogP contribution in [0.15, 0.2) is 18.2 Å². The number of aromatic nitrogens is 1. The molecule has 2 N–H and O–H groups in total. The predicted octanol–water partition coefficient (Wildman–Crippen LogP) is 2.44. The van der Waals surface area contributed by atoms with Crippen LogP contribution in [0.5, 0.6) is 5.75 Å². The summed E-state index contributed by atoms with van der Waals surface area (Å²) >= 11 is 1.17. The molecule has 21 heavy (non-hydrogen) atoms. The van der Waals surface area contributed by atoms with E-state index in [1.54, 1.807) is 4.57 Å². The molecule has 0 saturated carbocycles. The van der Waals surface area contributed by atoms with Crippen LogP contribution < -0.4 is 15.0 Å². The molecule has 4 nitrogen and oxygen atoms in total. The van der Waals surface area contributed by atoms with Crippen LogP contribution in [0.1, 0.15) is 6.92 Å². The van der Waals surface area contributed by atoms with Gasteiger partial charge in [-0.15, -0.1) is 13.2 Å². The molecule has 0 spiro atoms. The van der Waals surface area contributed by atoms with E-state index < -0.39 is 17.2 Å². The van der Waals surface area contributed by atoms with E-state index in [0.717, 1.165) is 0 Å². The topological polar surface area (TPSA) is 56.2 Å². The fourth-order valence-corrected chi connectivity index (χ4v) is 3.51. The molecule has 2 aromatic rings. The number of hydrogen-bond donors (Lipinski definition) is 1. The number of halogens is 3. The number of nitrogen functional groups attached to an aromatic ring is 1. The summed E-state index contributed by atoms with van der Waals surface area (Å²) in [6.07, 6.45) is -4.72. The van der Waals surface area contributed by atoms with Gasteiger partial charge in [-0.05, 0) is 23.5 Å². The Kier molecular flexibility index (Phi) is 4.72. The average molecular weight is 339 g/mol. The second-order valence-electron chi connectivity index (χ2n) is 4.20. The van der Waals surface area contributed by atoms with Crippen LogP contribution in [0.3, 0.4) is 0 Å². The van der Waals surface area contributed by atoms with E-state index in [0.29, 0.717) is 33.4 Å². The van der Waals surface area contributed by atoms with Crippen molar-refractivity contribution >= 4 is 37.5 Å². The number of ether oxygens (including phenoxy) is 1. The van der Waals surface area contributed by atoms with Gasteiger partial charge in [-0.2, -0.15) is 0 Å². The number of thiazole rings is 1. The molecule has 1 aromatic heterocycles. The number of fused-ring (bicyclic) bond motifs is 1. The molecular weight excluding hydrogens is 325 g/mol. The number of nitrogens with two attached hydrogens (primary N) is 1. The number of aryl methyl sites for hydroxylation is 1. The summed E-state index contributed by atoms with van der Waals surface area (Å²) in [6.45, 7) is 2.29. The van der Waals surface area contributed by atoms with Crippen molar-refractivity contribution in [3.05, 3.63) is 18.2 Å². The van der Waals surface area contributed by atoms with Gasteiger partial charge in [0, 0.05) is 22.6 Å². The highest BCUT2D eigenvalue weighted by Gasteiger charge is 2.31. The zero-order valence-corrected chi connectivity index (χ0v) is 12.8. The molecule has 0 radical (unpaired) electrons. The smallest absolute Gasteiger partial charge is 0.406 e. The van der Waals surface area contributed by atoms with Crippen LogP contribution in [-0.4, -0.2) is 22.1 Å². The van der Waals surface area contributed by atoms with E-state index in [1.165, 1.54) is 29.5 Å². The Labute approximate surface area is 125 Å². The van der Waals surface area contributed by atoms with Crippen LogP contribution in [0.4, 0.5) is 18.3 Å². The van der Waals surface area contributed by atoms with Crippen molar-refractivity contribution in [2.75, 3.05) is 17.2 Å². The maximum atomic E-state index is 12.2. The van der Waals surface area contributed by atoms with Crippen LogP contribution >= 0.6 is 11.3 Å². The molecule has 0 aliphatic carbocycles. The molecule has 1 aromatic carbocycles. The lowest BCUT2D eigenvalue weighted by molar-refractivity contribution is -0.648. The fraction of sp³-hybridized carbons (Fsp3) is 0.417. The number of anilines is 1.